The third kappa shape index (κ3) is 9.93. The first-order valence-corrected chi connectivity index (χ1v) is 26.9. The lowest BCUT2D eigenvalue weighted by Crippen LogP contribution is -2.33. The number of aromatic hydroxyl groups is 4. The topological polar surface area (TPSA) is 342 Å². The van der Waals surface area contributed by atoms with E-state index >= 15 is 9.59 Å². The van der Waals surface area contributed by atoms with Crippen molar-refractivity contribution in [3.63, 3.8) is 0 Å². The van der Waals surface area contributed by atoms with E-state index in [2.05, 4.69) is 50.4 Å². The minimum atomic E-state index is -4.20. The van der Waals surface area contributed by atoms with Crippen LogP contribution in [0.3, 0.4) is 0 Å². The van der Waals surface area contributed by atoms with Gasteiger partial charge in [-0.15, -0.1) is 0 Å². The maximum atomic E-state index is 15.4. The molecule has 0 aliphatic heterocycles. The number of carbonyl (C=O) groups excluding carboxylic acids is 4. The molecule has 0 unspecified atom stereocenters. The van der Waals surface area contributed by atoms with E-state index in [0.29, 0.717) is 22.8 Å². The average Bonchev–Trinajstić information content (AvgIpc) is 3.51. The molecular weight excluding hydrogens is 1040 g/mol. The Morgan fingerprint density at radius 2 is 0.795 bits per heavy atom. The zero-order chi connectivity index (χ0) is 57.0. The molecule has 8 rings (SSSR count). The summed E-state index contributed by atoms with van der Waals surface area (Å²) in [7, 11) is -8.40. The van der Waals surface area contributed by atoms with E-state index in [9.17, 15) is 46.9 Å². The molecule has 0 bridgehead atoms. The zero-order valence-electron chi connectivity index (χ0n) is 43.6. The number of phenols is 4. The predicted molar refractivity (Wildman–Crippen MR) is 290 cm³/mol. The Morgan fingerprint density at radius 1 is 0.487 bits per heavy atom. The first kappa shape index (κ1) is 55.1. The minimum Gasteiger partial charge on any atom is -0.504 e. The number of aromatic nitrogens is 4. The van der Waals surface area contributed by atoms with Gasteiger partial charge in [0, 0.05) is 67.3 Å². The van der Waals surface area contributed by atoms with Gasteiger partial charge in [-0.2, -0.15) is 10.2 Å². The molecule has 0 radical (unpaired) electrons. The van der Waals surface area contributed by atoms with Gasteiger partial charge < -0.3 is 20.4 Å². The number of nitrogens with zero attached hydrogens (tertiary/aromatic N) is 6. The standard InChI is InChI=1S/C54H52N10O12S2/c1-23(2)37-43-41(35(21-65)47(67)51(37)71)49(69)39(29(9)45(43)61-59-31-11-15-33(16-12-31)77(73,74)63-53-55-25(5)19-26(6)56-53)40-30(10)46(44-38(24(3)4)52(72)48(68)36(22-66)42(44)50(40)70)62-60-32-13-17-34(18-14-32)78(75,76)64-54-57-27(7)20-28(8)58-54/h11-24,59-60,67-68,71-72H,1-10H3,(H,55,56,63)(H,57,58,64)/b61-45+,62-46+. The summed E-state index contributed by atoms with van der Waals surface area (Å²) in [5, 5.41) is 55.0. The van der Waals surface area contributed by atoms with Crippen LogP contribution < -0.4 is 20.3 Å². The molecule has 22 nitrogen and oxygen atoms in total. The van der Waals surface area contributed by atoms with Crippen molar-refractivity contribution < 1.29 is 56.4 Å². The summed E-state index contributed by atoms with van der Waals surface area (Å²) < 4.78 is 58.3. The van der Waals surface area contributed by atoms with Crippen molar-refractivity contribution in [2.75, 3.05) is 20.3 Å². The molecule has 2 aliphatic rings. The number of allylic oxidation sites excluding steroid dienone is 4. The summed E-state index contributed by atoms with van der Waals surface area (Å²) in [5.74, 6) is -6.86. The Balaban J connectivity index is 1.30. The van der Waals surface area contributed by atoms with Gasteiger partial charge in [-0.25, -0.2) is 46.2 Å². The second kappa shape index (κ2) is 20.8. The largest absolute Gasteiger partial charge is 0.504 e. The number of hydrazone groups is 2. The number of ketones is 2. The van der Waals surface area contributed by atoms with Gasteiger partial charge in [0.1, 0.15) is 0 Å². The lowest BCUT2D eigenvalue weighted by Gasteiger charge is -2.32. The number of hydrogen-bond acceptors (Lipinski definition) is 20. The maximum absolute atomic E-state index is 15.4. The molecule has 8 N–H and O–H groups in total. The van der Waals surface area contributed by atoms with Crippen molar-refractivity contribution in [3.8, 4) is 23.0 Å². The van der Waals surface area contributed by atoms with Crippen LogP contribution in [0.5, 0.6) is 23.0 Å². The van der Waals surface area contributed by atoms with E-state index in [4.69, 9.17) is 0 Å². The van der Waals surface area contributed by atoms with Crippen molar-refractivity contribution in [2.45, 2.75) is 90.9 Å². The minimum absolute atomic E-state index is 0.00241. The zero-order valence-corrected chi connectivity index (χ0v) is 45.3. The highest BCUT2D eigenvalue weighted by atomic mass is 32.2. The molecule has 0 atom stereocenters. The van der Waals surface area contributed by atoms with Crippen molar-refractivity contribution >= 4 is 78.9 Å². The predicted octanol–water partition coefficient (Wildman–Crippen LogP) is 8.15. The third-order valence-corrected chi connectivity index (χ3v) is 15.6. The number of carbonyl (C=O) groups is 4. The van der Waals surface area contributed by atoms with Gasteiger partial charge >= 0.3 is 0 Å². The summed E-state index contributed by atoms with van der Waals surface area (Å²) in [6, 6.07) is 14.0. The third-order valence-electron chi connectivity index (χ3n) is 12.9. The number of phenolic OH excluding ortho intramolecular Hbond substituents is 4. The highest BCUT2D eigenvalue weighted by Gasteiger charge is 2.45. The van der Waals surface area contributed by atoms with Gasteiger partial charge in [-0.05, 0) is 125 Å². The molecule has 0 amide bonds. The number of sulfonamides is 2. The molecule has 2 aromatic heterocycles. The highest BCUT2D eigenvalue weighted by Crippen LogP contribution is 2.50. The first-order chi connectivity index (χ1) is 36.7. The van der Waals surface area contributed by atoms with E-state index in [1.54, 1.807) is 67.5 Å². The number of rotatable bonds is 15. The summed E-state index contributed by atoms with van der Waals surface area (Å²) in [6.07, 6.45) is 0.325. The molecule has 78 heavy (non-hydrogen) atoms. The fourth-order valence-electron chi connectivity index (χ4n) is 9.48. The van der Waals surface area contributed by atoms with Crippen molar-refractivity contribution in [1.29, 1.82) is 0 Å². The van der Waals surface area contributed by atoms with Crippen LogP contribution in [0.2, 0.25) is 0 Å². The van der Waals surface area contributed by atoms with Gasteiger partial charge in [0.2, 0.25) is 11.9 Å². The van der Waals surface area contributed by atoms with Crippen LogP contribution in [-0.4, -0.2) is 92.8 Å². The number of aryl methyl sites for hydroxylation is 4. The number of hydrogen-bond donors (Lipinski definition) is 8. The summed E-state index contributed by atoms with van der Waals surface area (Å²) in [5.41, 5.74) is 4.75. The number of aldehydes is 2. The van der Waals surface area contributed by atoms with Gasteiger partial charge in [0.15, 0.2) is 47.1 Å². The number of fused-ring (bicyclic) bond motifs is 2. The molecular formula is C54H52N10O12S2. The highest BCUT2D eigenvalue weighted by molar-refractivity contribution is 7.93. The van der Waals surface area contributed by atoms with E-state index < -0.39 is 99.8 Å². The molecule has 402 valence electrons. The lowest BCUT2D eigenvalue weighted by molar-refractivity contribution is 0.0989. The molecule has 0 fully saturated rings. The van der Waals surface area contributed by atoms with Gasteiger partial charge in [0.25, 0.3) is 20.0 Å². The Morgan fingerprint density at radius 3 is 1.08 bits per heavy atom. The number of anilines is 4. The molecule has 2 aliphatic carbocycles. The monoisotopic (exact) mass is 1100 g/mol. The van der Waals surface area contributed by atoms with Crippen LogP contribution in [0.4, 0.5) is 23.3 Å². The molecule has 6 aromatic rings. The number of benzene rings is 4. The first-order valence-electron chi connectivity index (χ1n) is 24.0. The second-order valence-corrected chi connectivity index (χ2v) is 22.5. The van der Waals surface area contributed by atoms with E-state index in [-0.39, 0.29) is 90.5 Å². The van der Waals surface area contributed by atoms with Crippen LogP contribution in [0.25, 0.3) is 0 Å². The van der Waals surface area contributed by atoms with Crippen LogP contribution in [0.15, 0.2) is 103 Å². The van der Waals surface area contributed by atoms with Gasteiger partial charge in [-0.1, -0.05) is 27.7 Å². The smallest absolute Gasteiger partial charge is 0.264 e. The number of nitrogens with one attached hydrogen (secondary N) is 4. The molecule has 0 saturated carbocycles. The Kier molecular flexibility index (Phi) is 14.7. The van der Waals surface area contributed by atoms with Gasteiger partial charge in [-0.3, -0.25) is 30.0 Å². The summed E-state index contributed by atoms with van der Waals surface area (Å²) >= 11 is 0. The molecule has 4 aromatic carbocycles. The van der Waals surface area contributed by atoms with E-state index in [1.165, 1.54) is 62.4 Å². The maximum Gasteiger partial charge on any atom is 0.264 e. The fourth-order valence-corrected chi connectivity index (χ4v) is 11.4. The molecule has 2 heterocycles. The second-order valence-electron chi connectivity index (χ2n) is 19.1. The van der Waals surface area contributed by atoms with Crippen LogP contribution >= 0.6 is 0 Å². The Bertz CT molecular complexity index is 3660. The van der Waals surface area contributed by atoms with Gasteiger partial charge in [0.05, 0.1) is 43.7 Å². The molecule has 24 heteroatoms. The SMILES string of the molecule is CC1=C(C2=C(C)/C(=N\Nc3ccc(S(=O)(=O)Nc4nc(C)cc(C)n4)cc3)c3c(c(C=O)c(O)c(O)c3C(C)C)C2=O)C(=O)c2c(C=O)c(O)c(O)c(C(C)C)c2/C1=N/Nc1ccc(S(=O)(=O)Nc2nc(C)cc(C)n2)cc1. The Hall–Kier alpha value is -9.16. The average molecular weight is 1100 g/mol. The molecule has 0 saturated heterocycles. The van der Waals surface area contributed by atoms with Crippen LogP contribution in [-0.2, 0) is 20.0 Å². The van der Waals surface area contributed by atoms with E-state index in [0.717, 1.165) is 0 Å². The summed E-state index contributed by atoms with van der Waals surface area (Å²) in [4.78, 5) is 73.1. The fraction of sp³-hybridized carbons (Fsp3) is 0.222. The van der Waals surface area contributed by atoms with Crippen molar-refractivity contribution in [2.24, 2.45) is 10.2 Å². The van der Waals surface area contributed by atoms with Crippen molar-refractivity contribution in [3.05, 3.63) is 150 Å². The number of Topliss-reactive ketones (excluding diaryl/α,β-unsaturated/α-hetero) is 2. The van der Waals surface area contributed by atoms with Crippen LogP contribution in [0.1, 0.15) is 140 Å². The quantitative estimate of drug-likeness (QED) is 0.0273. The van der Waals surface area contributed by atoms with Crippen LogP contribution in [0, 0.1) is 27.7 Å². The lowest BCUT2D eigenvalue weighted by atomic mass is 9.70. The van der Waals surface area contributed by atoms with E-state index in [1.807, 2.05) is 0 Å². The van der Waals surface area contributed by atoms with Crippen molar-refractivity contribution in [1.82, 2.24) is 19.9 Å². The Labute approximate surface area is 448 Å². The molecule has 0 spiro atoms. The summed E-state index contributed by atoms with van der Waals surface area (Å²) in [6.45, 7) is 16.2. The normalized spacial score (nSPS) is 14.8.